The molecule has 4 nitrogen and oxygen atoms in total. The topological polar surface area (TPSA) is 39.8 Å². The van der Waals surface area contributed by atoms with Crippen LogP contribution >= 0.6 is 0 Å². The fraction of sp³-hybridized carbons (Fsp3) is 0.143. The smallest absolute Gasteiger partial charge is 0.168 e. The van der Waals surface area contributed by atoms with Gasteiger partial charge < -0.3 is 9.13 Å². The highest BCUT2D eigenvalue weighted by Crippen LogP contribution is 2.25. The Morgan fingerprint density at radius 1 is 1.00 bits per heavy atom. The SMILES string of the molecule is Cn1cc(C(=O)Cc2ccccc2)cc1-c1nc2ccccc2n1C. The number of nitrogens with zero attached hydrogens (tertiary/aromatic N) is 3. The number of carbonyl (C=O) groups is 1. The lowest BCUT2D eigenvalue weighted by molar-refractivity contribution is 0.0993. The minimum atomic E-state index is 0.117. The number of hydrogen-bond donors (Lipinski definition) is 0. The molecule has 124 valence electrons. The van der Waals surface area contributed by atoms with Gasteiger partial charge in [-0.1, -0.05) is 42.5 Å². The van der Waals surface area contributed by atoms with Gasteiger partial charge in [0.25, 0.3) is 0 Å². The number of para-hydroxylation sites is 2. The minimum Gasteiger partial charge on any atom is -0.347 e. The Morgan fingerprint density at radius 2 is 1.72 bits per heavy atom. The summed E-state index contributed by atoms with van der Waals surface area (Å²) >= 11 is 0. The number of imidazole rings is 1. The molecule has 0 amide bonds. The van der Waals surface area contributed by atoms with Crippen molar-refractivity contribution in [2.75, 3.05) is 0 Å². The summed E-state index contributed by atoms with van der Waals surface area (Å²) in [6.07, 6.45) is 2.30. The van der Waals surface area contributed by atoms with Crippen LogP contribution in [0.3, 0.4) is 0 Å². The average molecular weight is 329 g/mol. The van der Waals surface area contributed by atoms with Gasteiger partial charge in [0, 0.05) is 32.3 Å². The lowest BCUT2D eigenvalue weighted by Crippen LogP contribution is -2.02. The number of aromatic nitrogens is 3. The summed E-state index contributed by atoms with van der Waals surface area (Å²) in [5.74, 6) is 0.981. The lowest BCUT2D eigenvalue weighted by atomic mass is 10.1. The first-order valence-electron chi connectivity index (χ1n) is 8.29. The molecule has 2 aromatic carbocycles. The molecule has 0 atom stereocenters. The fourth-order valence-corrected chi connectivity index (χ4v) is 3.20. The van der Waals surface area contributed by atoms with E-state index in [-0.39, 0.29) is 5.78 Å². The minimum absolute atomic E-state index is 0.117. The third-order valence-corrected chi connectivity index (χ3v) is 4.55. The van der Waals surface area contributed by atoms with Crippen molar-refractivity contribution in [1.29, 1.82) is 0 Å². The summed E-state index contributed by atoms with van der Waals surface area (Å²) in [5, 5.41) is 0. The van der Waals surface area contributed by atoms with Crippen LogP contribution in [0, 0.1) is 0 Å². The van der Waals surface area contributed by atoms with Gasteiger partial charge in [-0.2, -0.15) is 0 Å². The van der Waals surface area contributed by atoms with Crippen LogP contribution in [0.4, 0.5) is 0 Å². The van der Waals surface area contributed by atoms with Gasteiger partial charge in [0.05, 0.1) is 16.7 Å². The van der Waals surface area contributed by atoms with E-state index in [0.717, 1.165) is 28.1 Å². The highest BCUT2D eigenvalue weighted by atomic mass is 16.1. The van der Waals surface area contributed by atoms with Gasteiger partial charge in [0.1, 0.15) is 0 Å². The molecule has 4 rings (SSSR count). The Balaban J connectivity index is 1.70. The van der Waals surface area contributed by atoms with Gasteiger partial charge in [-0.25, -0.2) is 4.98 Å². The van der Waals surface area contributed by atoms with Crippen LogP contribution in [0.25, 0.3) is 22.6 Å². The third kappa shape index (κ3) is 2.76. The summed E-state index contributed by atoms with van der Waals surface area (Å²) in [4.78, 5) is 17.4. The van der Waals surface area contributed by atoms with E-state index in [0.29, 0.717) is 12.0 Å². The fourth-order valence-electron chi connectivity index (χ4n) is 3.20. The maximum absolute atomic E-state index is 12.6. The predicted octanol–water partition coefficient (Wildman–Crippen LogP) is 4.00. The van der Waals surface area contributed by atoms with Crippen molar-refractivity contribution in [2.45, 2.75) is 6.42 Å². The van der Waals surface area contributed by atoms with Gasteiger partial charge in [0.2, 0.25) is 0 Å². The monoisotopic (exact) mass is 329 g/mol. The second-order valence-corrected chi connectivity index (χ2v) is 6.29. The molecular formula is C21H19N3O. The van der Waals surface area contributed by atoms with Crippen LogP contribution in [0.5, 0.6) is 0 Å². The number of ketones is 1. The Kier molecular flexibility index (Phi) is 3.73. The zero-order valence-electron chi connectivity index (χ0n) is 14.3. The summed E-state index contributed by atoms with van der Waals surface area (Å²) in [7, 11) is 3.96. The van der Waals surface area contributed by atoms with E-state index in [9.17, 15) is 4.79 Å². The summed E-state index contributed by atoms with van der Waals surface area (Å²) in [6.45, 7) is 0. The highest BCUT2D eigenvalue weighted by molar-refractivity contribution is 5.98. The van der Waals surface area contributed by atoms with Crippen molar-refractivity contribution < 1.29 is 4.79 Å². The second kappa shape index (κ2) is 6.06. The van der Waals surface area contributed by atoms with E-state index in [2.05, 4.69) is 10.6 Å². The zero-order valence-corrected chi connectivity index (χ0v) is 14.3. The van der Waals surface area contributed by atoms with E-state index in [1.165, 1.54) is 0 Å². The van der Waals surface area contributed by atoms with Crippen LogP contribution in [-0.4, -0.2) is 19.9 Å². The van der Waals surface area contributed by atoms with Crippen LogP contribution in [-0.2, 0) is 20.5 Å². The van der Waals surface area contributed by atoms with Crippen molar-refractivity contribution in [1.82, 2.24) is 14.1 Å². The largest absolute Gasteiger partial charge is 0.347 e. The first-order chi connectivity index (χ1) is 12.1. The number of Topliss-reactive ketones (excluding diaryl/α,β-unsaturated/α-hetero) is 1. The van der Waals surface area contributed by atoms with E-state index in [1.807, 2.05) is 79.5 Å². The Labute approximate surface area is 146 Å². The number of fused-ring (bicyclic) bond motifs is 1. The van der Waals surface area contributed by atoms with Crippen LogP contribution < -0.4 is 0 Å². The van der Waals surface area contributed by atoms with Crippen LogP contribution in [0.15, 0.2) is 66.9 Å². The molecule has 2 aromatic heterocycles. The maximum atomic E-state index is 12.6. The van der Waals surface area contributed by atoms with Crippen LogP contribution in [0.2, 0.25) is 0 Å². The molecule has 25 heavy (non-hydrogen) atoms. The summed E-state index contributed by atoms with van der Waals surface area (Å²) in [6, 6.07) is 19.8. The van der Waals surface area contributed by atoms with Crippen LogP contribution in [0.1, 0.15) is 15.9 Å². The molecule has 0 bridgehead atoms. The van der Waals surface area contributed by atoms with E-state index in [4.69, 9.17) is 4.98 Å². The second-order valence-electron chi connectivity index (χ2n) is 6.29. The molecule has 0 saturated carbocycles. The Hall–Kier alpha value is -3.14. The first-order valence-corrected chi connectivity index (χ1v) is 8.29. The number of rotatable bonds is 4. The maximum Gasteiger partial charge on any atom is 0.168 e. The first kappa shape index (κ1) is 15.4. The normalized spacial score (nSPS) is 11.1. The quantitative estimate of drug-likeness (QED) is 0.531. The predicted molar refractivity (Wildman–Crippen MR) is 99.6 cm³/mol. The molecule has 0 N–H and O–H groups in total. The molecule has 0 saturated heterocycles. The molecule has 0 unspecified atom stereocenters. The molecule has 0 aliphatic rings. The van der Waals surface area contributed by atoms with Crippen molar-refractivity contribution >= 4 is 16.8 Å². The highest BCUT2D eigenvalue weighted by Gasteiger charge is 2.16. The van der Waals surface area contributed by atoms with E-state index in [1.54, 1.807) is 0 Å². The Bertz CT molecular complexity index is 1060. The molecule has 0 radical (unpaired) electrons. The summed E-state index contributed by atoms with van der Waals surface area (Å²) in [5.41, 5.74) is 4.72. The van der Waals surface area contributed by atoms with Gasteiger partial charge in [-0.05, 0) is 23.8 Å². The lowest BCUT2D eigenvalue weighted by Gasteiger charge is -2.03. The standard InChI is InChI=1S/C21H19N3O/c1-23-14-16(20(25)12-15-8-4-3-5-9-15)13-19(23)21-22-17-10-6-7-11-18(17)24(21)2/h3-11,13-14H,12H2,1-2H3. The summed E-state index contributed by atoms with van der Waals surface area (Å²) < 4.78 is 4.04. The molecule has 2 heterocycles. The molecule has 4 aromatic rings. The number of aryl methyl sites for hydroxylation is 2. The van der Waals surface area contributed by atoms with Gasteiger partial charge in [-0.3, -0.25) is 4.79 Å². The third-order valence-electron chi connectivity index (χ3n) is 4.55. The zero-order chi connectivity index (χ0) is 17.4. The van der Waals surface area contributed by atoms with Crippen molar-refractivity contribution in [2.24, 2.45) is 14.1 Å². The molecular weight excluding hydrogens is 310 g/mol. The van der Waals surface area contributed by atoms with Gasteiger partial charge in [-0.15, -0.1) is 0 Å². The van der Waals surface area contributed by atoms with Gasteiger partial charge >= 0.3 is 0 Å². The van der Waals surface area contributed by atoms with Crippen molar-refractivity contribution in [3.05, 3.63) is 78.0 Å². The Morgan fingerprint density at radius 3 is 2.48 bits per heavy atom. The number of benzene rings is 2. The molecule has 0 aliphatic carbocycles. The number of carbonyl (C=O) groups excluding carboxylic acids is 1. The molecule has 4 heteroatoms. The average Bonchev–Trinajstić information content (AvgIpc) is 3.17. The van der Waals surface area contributed by atoms with E-state index >= 15 is 0 Å². The van der Waals surface area contributed by atoms with Gasteiger partial charge in [0.15, 0.2) is 11.6 Å². The molecule has 0 spiro atoms. The van der Waals surface area contributed by atoms with Crippen molar-refractivity contribution in [3.63, 3.8) is 0 Å². The number of hydrogen-bond acceptors (Lipinski definition) is 2. The molecule has 0 aliphatic heterocycles. The van der Waals surface area contributed by atoms with Crippen molar-refractivity contribution in [3.8, 4) is 11.5 Å². The van der Waals surface area contributed by atoms with E-state index < -0.39 is 0 Å². The molecule has 0 fully saturated rings.